The Balaban J connectivity index is 2.38. The molecule has 0 bridgehead atoms. The largest absolute Gasteiger partial charge is 0.466 e. The molecule has 140 valence electrons. The average Bonchev–Trinajstić information content (AvgIpc) is 2.58. The van der Waals surface area contributed by atoms with E-state index in [-0.39, 0.29) is 18.3 Å². The molecule has 6 nitrogen and oxygen atoms in total. The van der Waals surface area contributed by atoms with E-state index in [9.17, 15) is 14.4 Å². The fourth-order valence-electron chi connectivity index (χ4n) is 2.43. The third kappa shape index (κ3) is 4.94. The average molecular weight is 360 g/mol. The summed E-state index contributed by atoms with van der Waals surface area (Å²) in [5.41, 5.74) is 1.33. The molecule has 0 aliphatic carbocycles. The number of esters is 2. The van der Waals surface area contributed by atoms with Crippen LogP contribution >= 0.6 is 0 Å². The number of ether oxygens (including phenoxy) is 2. The van der Waals surface area contributed by atoms with Crippen molar-refractivity contribution in [3.8, 4) is 5.75 Å². The second kappa shape index (κ2) is 8.65. The normalized spacial score (nSPS) is 11.0. The van der Waals surface area contributed by atoms with Crippen LogP contribution in [0.2, 0.25) is 0 Å². The quantitative estimate of drug-likeness (QED) is 0.427. The van der Waals surface area contributed by atoms with Gasteiger partial charge in [-0.15, -0.1) is 0 Å². The number of aryl methyl sites for hydroxylation is 2. The van der Waals surface area contributed by atoms with Gasteiger partial charge in [-0.1, -0.05) is 20.8 Å². The van der Waals surface area contributed by atoms with Crippen molar-refractivity contribution >= 4 is 22.9 Å². The van der Waals surface area contributed by atoms with Crippen molar-refractivity contribution < 1.29 is 23.5 Å². The maximum atomic E-state index is 12.0. The van der Waals surface area contributed by atoms with Crippen LogP contribution in [-0.4, -0.2) is 18.5 Å². The lowest BCUT2D eigenvalue weighted by Crippen LogP contribution is -2.16. The van der Waals surface area contributed by atoms with Gasteiger partial charge in [0.25, 0.3) is 0 Å². The Morgan fingerprint density at radius 2 is 1.92 bits per heavy atom. The van der Waals surface area contributed by atoms with E-state index >= 15 is 0 Å². The maximum absolute atomic E-state index is 12.0. The SMILES string of the molecule is CCCOC(=O)CCc1cc2c(C)cc(=O)oc2cc1OC(=O)C(C)C. The highest BCUT2D eigenvalue weighted by Crippen LogP contribution is 2.29. The highest BCUT2D eigenvalue weighted by molar-refractivity contribution is 5.84. The number of rotatable bonds is 7. The Labute approximate surface area is 152 Å². The number of carbonyl (C=O) groups excluding carboxylic acids is 2. The lowest BCUT2D eigenvalue weighted by molar-refractivity contribution is -0.143. The van der Waals surface area contributed by atoms with Crippen molar-refractivity contribution in [2.45, 2.75) is 47.0 Å². The van der Waals surface area contributed by atoms with E-state index in [0.29, 0.717) is 29.9 Å². The van der Waals surface area contributed by atoms with E-state index in [0.717, 1.165) is 17.4 Å². The lowest BCUT2D eigenvalue weighted by Gasteiger charge is -2.13. The number of hydrogen-bond donors (Lipinski definition) is 0. The van der Waals surface area contributed by atoms with Crippen molar-refractivity contribution in [2.24, 2.45) is 5.92 Å². The van der Waals surface area contributed by atoms with Crippen LogP contribution in [0.3, 0.4) is 0 Å². The van der Waals surface area contributed by atoms with Crippen LogP contribution in [0.4, 0.5) is 0 Å². The van der Waals surface area contributed by atoms with Gasteiger partial charge in [0.15, 0.2) is 0 Å². The summed E-state index contributed by atoms with van der Waals surface area (Å²) in [6.07, 6.45) is 1.29. The number of benzene rings is 1. The molecule has 1 aromatic heterocycles. The molecule has 0 N–H and O–H groups in total. The molecule has 0 amide bonds. The highest BCUT2D eigenvalue weighted by Gasteiger charge is 2.17. The van der Waals surface area contributed by atoms with Crippen molar-refractivity contribution in [3.63, 3.8) is 0 Å². The van der Waals surface area contributed by atoms with Gasteiger partial charge >= 0.3 is 17.6 Å². The molecule has 0 unspecified atom stereocenters. The molecule has 1 aromatic carbocycles. The Morgan fingerprint density at radius 1 is 1.19 bits per heavy atom. The second-order valence-corrected chi connectivity index (χ2v) is 6.50. The lowest BCUT2D eigenvalue weighted by atomic mass is 10.0. The Hall–Kier alpha value is -2.63. The summed E-state index contributed by atoms with van der Waals surface area (Å²) < 4.78 is 15.8. The first kappa shape index (κ1) is 19.7. The molecule has 0 fully saturated rings. The van der Waals surface area contributed by atoms with Crippen LogP contribution in [0.5, 0.6) is 5.75 Å². The van der Waals surface area contributed by atoms with Crippen LogP contribution in [0.15, 0.2) is 27.4 Å². The van der Waals surface area contributed by atoms with Crippen LogP contribution in [0.1, 0.15) is 44.7 Å². The Kier molecular flexibility index (Phi) is 6.55. The van der Waals surface area contributed by atoms with Gasteiger partial charge in [-0.3, -0.25) is 9.59 Å². The molecule has 0 aliphatic rings. The predicted octanol–water partition coefficient (Wildman–Crippen LogP) is 3.55. The monoisotopic (exact) mass is 360 g/mol. The molecule has 1 heterocycles. The first-order chi connectivity index (χ1) is 12.3. The smallest absolute Gasteiger partial charge is 0.336 e. The van der Waals surface area contributed by atoms with Gasteiger partial charge in [0, 0.05) is 23.9 Å². The minimum absolute atomic E-state index is 0.174. The fourth-order valence-corrected chi connectivity index (χ4v) is 2.43. The number of carbonyl (C=O) groups is 2. The van der Waals surface area contributed by atoms with Crippen molar-refractivity contribution in [1.29, 1.82) is 0 Å². The molecule has 0 saturated heterocycles. The first-order valence-corrected chi connectivity index (χ1v) is 8.76. The summed E-state index contributed by atoms with van der Waals surface area (Å²) in [7, 11) is 0. The molecule has 0 radical (unpaired) electrons. The highest BCUT2D eigenvalue weighted by atomic mass is 16.5. The third-order valence-corrected chi connectivity index (χ3v) is 3.88. The summed E-state index contributed by atoms with van der Waals surface area (Å²) in [5, 5.41) is 0.742. The standard InChI is InChI=1S/C20H24O6/c1-5-8-24-18(21)7-6-14-10-15-13(4)9-19(22)25-17(15)11-16(14)26-20(23)12(2)3/h9-12H,5-8H2,1-4H3. The van der Waals surface area contributed by atoms with Gasteiger partial charge in [-0.25, -0.2) is 4.79 Å². The zero-order chi connectivity index (χ0) is 19.3. The van der Waals surface area contributed by atoms with Crippen molar-refractivity contribution in [3.05, 3.63) is 39.7 Å². The van der Waals surface area contributed by atoms with Crippen LogP contribution in [-0.2, 0) is 20.7 Å². The molecule has 6 heteroatoms. The summed E-state index contributed by atoms with van der Waals surface area (Å²) in [6.45, 7) is 7.58. The maximum Gasteiger partial charge on any atom is 0.336 e. The van der Waals surface area contributed by atoms with Crippen molar-refractivity contribution in [1.82, 2.24) is 0 Å². The minimum Gasteiger partial charge on any atom is -0.466 e. The first-order valence-electron chi connectivity index (χ1n) is 8.76. The van der Waals surface area contributed by atoms with Crippen LogP contribution in [0.25, 0.3) is 11.0 Å². The van der Waals surface area contributed by atoms with Gasteiger partial charge in [0.05, 0.1) is 12.5 Å². The van der Waals surface area contributed by atoms with E-state index in [1.54, 1.807) is 26.8 Å². The summed E-state index contributed by atoms with van der Waals surface area (Å²) in [6, 6.07) is 4.74. The molecule has 2 aromatic rings. The van der Waals surface area contributed by atoms with Gasteiger partial charge in [0.1, 0.15) is 11.3 Å². The molecule has 0 aliphatic heterocycles. The van der Waals surface area contributed by atoms with Crippen LogP contribution in [0, 0.1) is 12.8 Å². The molecule has 26 heavy (non-hydrogen) atoms. The van der Waals surface area contributed by atoms with Gasteiger partial charge < -0.3 is 13.9 Å². The van der Waals surface area contributed by atoms with E-state index < -0.39 is 11.6 Å². The van der Waals surface area contributed by atoms with Crippen molar-refractivity contribution in [2.75, 3.05) is 6.61 Å². The minimum atomic E-state index is -0.466. The van der Waals surface area contributed by atoms with Gasteiger partial charge in [-0.2, -0.15) is 0 Å². The van der Waals surface area contributed by atoms with Crippen LogP contribution < -0.4 is 10.4 Å². The molecule has 0 spiro atoms. The fraction of sp³-hybridized carbons (Fsp3) is 0.450. The topological polar surface area (TPSA) is 82.8 Å². The Bertz CT molecular complexity index is 862. The summed E-state index contributed by atoms with van der Waals surface area (Å²) in [4.78, 5) is 35.4. The van der Waals surface area contributed by atoms with E-state index in [1.807, 2.05) is 6.92 Å². The van der Waals surface area contributed by atoms with E-state index in [2.05, 4.69) is 0 Å². The molecular formula is C20H24O6. The molecule has 2 rings (SSSR count). The van der Waals surface area contributed by atoms with Gasteiger partial charge in [-0.05, 0) is 37.0 Å². The predicted molar refractivity (Wildman–Crippen MR) is 97.3 cm³/mol. The summed E-state index contributed by atoms with van der Waals surface area (Å²) in [5.74, 6) is -0.704. The zero-order valence-corrected chi connectivity index (χ0v) is 15.6. The van der Waals surface area contributed by atoms with E-state index in [1.165, 1.54) is 12.1 Å². The Morgan fingerprint density at radius 3 is 2.58 bits per heavy atom. The van der Waals surface area contributed by atoms with E-state index in [4.69, 9.17) is 13.9 Å². The second-order valence-electron chi connectivity index (χ2n) is 6.50. The third-order valence-electron chi connectivity index (χ3n) is 3.88. The van der Waals surface area contributed by atoms with Gasteiger partial charge in [0.2, 0.25) is 0 Å². The molecule has 0 saturated carbocycles. The zero-order valence-electron chi connectivity index (χ0n) is 15.6. The number of fused-ring (bicyclic) bond motifs is 1. The molecule has 0 atom stereocenters. The summed E-state index contributed by atoms with van der Waals surface area (Å²) >= 11 is 0. The molecular weight excluding hydrogens is 336 g/mol. The number of hydrogen-bond acceptors (Lipinski definition) is 6.